The quantitative estimate of drug-likeness (QED) is 0.815. The van der Waals surface area contributed by atoms with Crippen molar-refractivity contribution in [1.82, 2.24) is 0 Å². The van der Waals surface area contributed by atoms with E-state index in [-0.39, 0.29) is 0 Å². The summed E-state index contributed by atoms with van der Waals surface area (Å²) < 4.78 is 0.983. The van der Waals surface area contributed by atoms with E-state index in [0.717, 1.165) is 9.35 Å². The van der Waals surface area contributed by atoms with Crippen LogP contribution >= 0.6 is 27.3 Å². The average molecular weight is 247 g/mol. The van der Waals surface area contributed by atoms with Gasteiger partial charge in [0.25, 0.3) is 0 Å². The summed E-state index contributed by atoms with van der Waals surface area (Å²) >= 11 is 4.80. The molecule has 1 aromatic heterocycles. The lowest BCUT2D eigenvalue weighted by atomic mass is 10.2. The lowest BCUT2D eigenvalue weighted by Crippen LogP contribution is -1.94. The summed E-state index contributed by atoms with van der Waals surface area (Å²) in [5, 5.41) is 10.5. The van der Waals surface area contributed by atoms with Crippen LogP contribution in [0.3, 0.4) is 0 Å². The van der Waals surface area contributed by atoms with Crippen molar-refractivity contribution >= 4 is 39.3 Å². The van der Waals surface area contributed by atoms with E-state index in [1.54, 1.807) is 13.0 Å². The minimum absolute atomic E-state index is 0.351. The minimum Gasteiger partial charge on any atom is -0.478 e. The van der Waals surface area contributed by atoms with Crippen molar-refractivity contribution in [2.75, 3.05) is 0 Å². The van der Waals surface area contributed by atoms with E-state index in [1.165, 1.54) is 11.3 Å². The third-order valence-electron chi connectivity index (χ3n) is 1.28. The summed E-state index contributed by atoms with van der Waals surface area (Å²) in [7, 11) is 0. The Morgan fingerprint density at radius 3 is 2.83 bits per heavy atom. The molecule has 0 unspecified atom stereocenters. The lowest BCUT2D eigenvalue weighted by molar-refractivity contribution is -0.132. The first-order valence-corrected chi connectivity index (χ1v) is 4.92. The molecule has 1 N–H and O–H groups in total. The predicted molar refractivity (Wildman–Crippen MR) is 53.3 cm³/mol. The van der Waals surface area contributed by atoms with Crippen molar-refractivity contribution in [2.24, 2.45) is 0 Å². The van der Waals surface area contributed by atoms with Crippen LogP contribution in [0.25, 0.3) is 6.08 Å². The zero-order valence-corrected chi connectivity index (χ0v) is 8.78. The first-order valence-electron chi connectivity index (χ1n) is 3.25. The maximum Gasteiger partial charge on any atom is 0.331 e. The molecule has 0 amide bonds. The molecule has 0 fully saturated rings. The number of hydrogen-bond donors (Lipinski definition) is 1. The molecule has 4 heteroatoms. The number of halogens is 1. The van der Waals surface area contributed by atoms with Crippen LogP contribution in [0.1, 0.15) is 11.8 Å². The van der Waals surface area contributed by atoms with Crippen molar-refractivity contribution < 1.29 is 9.90 Å². The average Bonchev–Trinajstić information content (AvgIpc) is 2.35. The maximum absolute atomic E-state index is 10.4. The monoisotopic (exact) mass is 246 g/mol. The number of thiophene rings is 1. The van der Waals surface area contributed by atoms with Gasteiger partial charge in [0, 0.05) is 20.3 Å². The van der Waals surface area contributed by atoms with Crippen LogP contribution in [-0.2, 0) is 4.79 Å². The Kier molecular flexibility index (Phi) is 3.05. The van der Waals surface area contributed by atoms with Gasteiger partial charge in [-0.1, -0.05) is 0 Å². The molecule has 0 aliphatic rings. The fourth-order valence-corrected chi connectivity index (χ4v) is 2.11. The first kappa shape index (κ1) is 9.48. The number of hydrogen-bond acceptors (Lipinski definition) is 2. The Morgan fingerprint density at radius 2 is 2.42 bits per heavy atom. The molecule has 2 nitrogen and oxygen atoms in total. The second kappa shape index (κ2) is 3.87. The normalized spacial score (nSPS) is 11.7. The number of carboxylic acid groups (broad SMARTS) is 1. The van der Waals surface area contributed by atoms with Gasteiger partial charge in [0.15, 0.2) is 0 Å². The highest BCUT2D eigenvalue weighted by Gasteiger charge is 2.00. The summed E-state index contributed by atoms with van der Waals surface area (Å²) in [6, 6.07) is 1.89. The summed E-state index contributed by atoms with van der Waals surface area (Å²) in [5.41, 5.74) is 0.351. The molecule has 0 radical (unpaired) electrons. The molecule has 64 valence electrons. The van der Waals surface area contributed by atoms with E-state index < -0.39 is 5.97 Å². The van der Waals surface area contributed by atoms with Gasteiger partial charge in [-0.3, -0.25) is 0 Å². The molecule has 0 atom stereocenters. The van der Waals surface area contributed by atoms with E-state index in [2.05, 4.69) is 15.9 Å². The highest BCUT2D eigenvalue weighted by molar-refractivity contribution is 9.10. The molecule has 0 bridgehead atoms. The summed E-state index contributed by atoms with van der Waals surface area (Å²) in [4.78, 5) is 11.4. The Balaban J connectivity index is 2.87. The largest absolute Gasteiger partial charge is 0.478 e. The molecular formula is C8H7BrO2S. The number of aliphatic carboxylic acids is 1. The first-order chi connectivity index (χ1) is 5.59. The number of rotatable bonds is 2. The molecule has 1 aromatic rings. The van der Waals surface area contributed by atoms with Crippen molar-refractivity contribution in [2.45, 2.75) is 6.92 Å². The predicted octanol–water partition coefficient (Wildman–Crippen LogP) is 3.00. The van der Waals surface area contributed by atoms with Gasteiger partial charge < -0.3 is 5.11 Å². The smallest absolute Gasteiger partial charge is 0.331 e. The fourth-order valence-electron chi connectivity index (χ4n) is 0.679. The zero-order chi connectivity index (χ0) is 9.14. The molecule has 0 aromatic carbocycles. The van der Waals surface area contributed by atoms with Crippen LogP contribution in [0.5, 0.6) is 0 Å². The molecule has 12 heavy (non-hydrogen) atoms. The third kappa shape index (κ3) is 2.46. The topological polar surface area (TPSA) is 37.3 Å². The summed E-state index contributed by atoms with van der Waals surface area (Å²) in [6.07, 6.45) is 1.65. The van der Waals surface area contributed by atoms with Gasteiger partial charge >= 0.3 is 5.97 Å². The van der Waals surface area contributed by atoms with Gasteiger partial charge in [0.2, 0.25) is 0 Å². The Morgan fingerprint density at radius 1 is 1.75 bits per heavy atom. The lowest BCUT2D eigenvalue weighted by Gasteiger charge is -1.89. The SMILES string of the molecule is C/C(=C\c1cc(Br)cs1)C(=O)O. The van der Waals surface area contributed by atoms with Crippen molar-refractivity contribution in [3.05, 3.63) is 26.4 Å². The van der Waals surface area contributed by atoms with Gasteiger partial charge in [-0.15, -0.1) is 11.3 Å². The second-order valence-corrected chi connectivity index (χ2v) is 4.16. The fraction of sp³-hybridized carbons (Fsp3) is 0.125. The van der Waals surface area contributed by atoms with Crippen LogP contribution in [0, 0.1) is 0 Å². The standard InChI is InChI=1S/C8H7BrO2S/c1-5(8(10)11)2-7-3-6(9)4-12-7/h2-4H,1H3,(H,10,11)/b5-2+. The van der Waals surface area contributed by atoms with Crippen LogP contribution < -0.4 is 0 Å². The van der Waals surface area contributed by atoms with Gasteiger partial charge in [-0.05, 0) is 35.0 Å². The van der Waals surface area contributed by atoms with Gasteiger partial charge in [0.1, 0.15) is 0 Å². The van der Waals surface area contributed by atoms with Crippen molar-refractivity contribution in [3.8, 4) is 0 Å². The van der Waals surface area contributed by atoms with Gasteiger partial charge in [-0.25, -0.2) is 4.79 Å². The minimum atomic E-state index is -0.875. The van der Waals surface area contributed by atoms with E-state index in [0.29, 0.717) is 5.57 Å². The third-order valence-corrected chi connectivity index (χ3v) is 2.92. The van der Waals surface area contributed by atoms with Crippen LogP contribution in [0.15, 0.2) is 21.5 Å². The zero-order valence-electron chi connectivity index (χ0n) is 6.37. The van der Waals surface area contributed by atoms with E-state index in [4.69, 9.17) is 5.11 Å². The molecule has 1 heterocycles. The molecular weight excluding hydrogens is 240 g/mol. The van der Waals surface area contributed by atoms with Crippen LogP contribution in [0.2, 0.25) is 0 Å². The molecule has 0 saturated heterocycles. The van der Waals surface area contributed by atoms with E-state index in [9.17, 15) is 4.79 Å². The van der Waals surface area contributed by atoms with Gasteiger partial charge in [-0.2, -0.15) is 0 Å². The molecule has 0 aliphatic carbocycles. The van der Waals surface area contributed by atoms with Crippen LogP contribution in [0.4, 0.5) is 0 Å². The molecule has 0 saturated carbocycles. The summed E-state index contributed by atoms with van der Waals surface area (Å²) in [6.45, 7) is 1.58. The second-order valence-electron chi connectivity index (χ2n) is 2.30. The Bertz CT molecular complexity index is 328. The van der Waals surface area contributed by atoms with Crippen molar-refractivity contribution in [1.29, 1.82) is 0 Å². The maximum atomic E-state index is 10.4. The molecule has 1 rings (SSSR count). The van der Waals surface area contributed by atoms with Crippen molar-refractivity contribution in [3.63, 3.8) is 0 Å². The van der Waals surface area contributed by atoms with E-state index >= 15 is 0 Å². The highest BCUT2D eigenvalue weighted by Crippen LogP contribution is 2.21. The van der Waals surface area contributed by atoms with Gasteiger partial charge in [0.05, 0.1) is 0 Å². The van der Waals surface area contributed by atoms with E-state index in [1.807, 2.05) is 11.4 Å². The number of carboxylic acids is 1. The number of carbonyl (C=O) groups is 1. The summed E-state index contributed by atoms with van der Waals surface area (Å²) in [5.74, 6) is -0.875. The Hall–Kier alpha value is -0.610. The highest BCUT2D eigenvalue weighted by atomic mass is 79.9. The Labute approximate surface area is 82.7 Å². The molecule has 0 aliphatic heterocycles. The molecule has 0 spiro atoms. The van der Waals surface area contributed by atoms with Crippen LogP contribution in [-0.4, -0.2) is 11.1 Å².